The molecule has 2 aromatic rings. The van der Waals surface area contributed by atoms with E-state index in [-0.39, 0.29) is 5.91 Å². The molecule has 1 amide bonds. The Labute approximate surface area is 96.9 Å². The van der Waals surface area contributed by atoms with Crippen LogP contribution in [-0.4, -0.2) is 18.0 Å². The fourth-order valence-corrected chi connectivity index (χ4v) is 1.74. The van der Waals surface area contributed by atoms with Gasteiger partial charge in [-0.2, -0.15) is 0 Å². The summed E-state index contributed by atoms with van der Waals surface area (Å²) < 4.78 is 5.05. The molecule has 1 aromatic carbocycles. The first-order valence-electron chi connectivity index (χ1n) is 4.64. The number of carbonyl (C=O) groups is 1. The number of thiazole rings is 1. The Morgan fingerprint density at radius 3 is 3.06 bits per heavy atom. The van der Waals surface area contributed by atoms with E-state index in [2.05, 4.69) is 10.3 Å². The second-order valence-electron chi connectivity index (χ2n) is 3.02. The van der Waals surface area contributed by atoms with E-state index < -0.39 is 0 Å². The summed E-state index contributed by atoms with van der Waals surface area (Å²) in [5.41, 5.74) is 0.551. The first kappa shape index (κ1) is 10.6. The average molecular weight is 234 g/mol. The summed E-state index contributed by atoms with van der Waals surface area (Å²) in [6.45, 7) is 0. The summed E-state index contributed by atoms with van der Waals surface area (Å²) in [5, 5.41) is 5.10. The minimum absolute atomic E-state index is 0.186. The number of methoxy groups -OCH3 is 1. The predicted octanol–water partition coefficient (Wildman–Crippen LogP) is 2.40. The SMILES string of the molecule is COc1cccc(C(=O)Nc2nccs2)c1. The van der Waals surface area contributed by atoms with Gasteiger partial charge in [0.1, 0.15) is 5.75 Å². The molecule has 0 saturated carbocycles. The van der Waals surface area contributed by atoms with Crippen molar-refractivity contribution in [1.29, 1.82) is 0 Å². The molecule has 0 spiro atoms. The molecule has 0 saturated heterocycles. The number of nitrogens with zero attached hydrogens (tertiary/aromatic N) is 1. The van der Waals surface area contributed by atoms with Gasteiger partial charge in [-0.15, -0.1) is 11.3 Å². The van der Waals surface area contributed by atoms with Crippen LogP contribution in [0.15, 0.2) is 35.8 Å². The standard InChI is InChI=1S/C11H10N2O2S/c1-15-9-4-2-3-8(7-9)10(14)13-11-12-5-6-16-11/h2-7H,1H3,(H,12,13,14). The van der Waals surface area contributed by atoms with Gasteiger partial charge in [0.05, 0.1) is 7.11 Å². The summed E-state index contributed by atoms with van der Waals surface area (Å²) >= 11 is 1.38. The molecule has 1 heterocycles. The number of hydrogen-bond donors (Lipinski definition) is 1. The second kappa shape index (κ2) is 4.76. The molecule has 0 radical (unpaired) electrons. The topological polar surface area (TPSA) is 51.2 Å². The molecule has 0 aliphatic carbocycles. The molecule has 4 nitrogen and oxygen atoms in total. The third-order valence-electron chi connectivity index (χ3n) is 1.98. The normalized spacial score (nSPS) is 9.81. The first-order valence-corrected chi connectivity index (χ1v) is 5.52. The highest BCUT2D eigenvalue weighted by atomic mass is 32.1. The van der Waals surface area contributed by atoms with Gasteiger partial charge >= 0.3 is 0 Å². The maximum atomic E-state index is 11.8. The van der Waals surface area contributed by atoms with Crippen molar-refractivity contribution < 1.29 is 9.53 Å². The highest BCUT2D eigenvalue weighted by Crippen LogP contribution is 2.15. The van der Waals surface area contributed by atoms with Crippen LogP contribution < -0.4 is 10.1 Å². The zero-order chi connectivity index (χ0) is 11.4. The van der Waals surface area contributed by atoms with Crippen LogP contribution in [0.1, 0.15) is 10.4 Å². The third-order valence-corrected chi connectivity index (χ3v) is 2.67. The lowest BCUT2D eigenvalue weighted by Crippen LogP contribution is -2.11. The minimum Gasteiger partial charge on any atom is -0.497 e. The summed E-state index contributed by atoms with van der Waals surface area (Å²) in [6, 6.07) is 6.98. The lowest BCUT2D eigenvalue weighted by atomic mass is 10.2. The van der Waals surface area contributed by atoms with Crippen LogP contribution in [0.4, 0.5) is 5.13 Å². The van der Waals surface area contributed by atoms with Gasteiger partial charge in [0.25, 0.3) is 5.91 Å². The third kappa shape index (κ3) is 2.38. The first-order chi connectivity index (χ1) is 7.79. The number of aromatic nitrogens is 1. The molecule has 1 N–H and O–H groups in total. The molecule has 82 valence electrons. The van der Waals surface area contributed by atoms with E-state index in [1.165, 1.54) is 11.3 Å². The van der Waals surface area contributed by atoms with Crippen LogP contribution in [0, 0.1) is 0 Å². The monoisotopic (exact) mass is 234 g/mol. The van der Waals surface area contributed by atoms with Gasteiger partial charge in [-0.3, -0.25) is 10.1 Å². The Morgan fingerprint density at radius 1 is 1.50 bits per heavy atom. The van der Waals surface area contributed by atoms with E-state index in [0.29, 0.717) is 16.4 Å². The van der Waals surface area contributed by atoms with Crippen molar-refractivity contribution in [1.82, 2.24) is 4.98 Å². The number of hydrogen-bond acceptors (Lipinski definition) is 4. The average Bonchev–Trinajstić information content (AvgIpc) is 2.82. The van der Waals surface area contributed by atoms with Crippen LogP contribution in [0.2, 0.25) is 0 Å². The molecule has 16 heavy (non-hydrogen) atoms. The fraction of sp³-hybridized carbons (Fsp3) is 0.0909. The molecule has 5 heteroatoms. The summed E-state index contributed by atoms with van der Waals surface area (Å²) in [7, 11) is 1.57. The number of ether oxygens (including phenoxy) is 1. The molecule has 0 atom stereocenters. The number of nitrogens with one attached hydrogen (secondary N) is 1. The zero-order valence-corrected chi connectivity index (χ0v) is 9.45. The van der Waals surface area contributed by atoms with Crippen LogP contribution in [-0.2, 0) is 0 Å². The number of anilines is 1. The lowest BCUT2D eigenvalue weighted by Gasteiger charge is -2.03. The highest BCUT2D eigenvalue weighted by Gasteiger charge is 2.07. The van der Waals surface area contributed by atoms with Crippen LogP contribution in [0.25, 0.3) is 0 Å². The van der Waals surface area contributed by atoms with Gasteiger partial charge in [-0.1, -0.05) is 6.07 Å². The Balaban J connectivity index is 2.14. The minimum atomic E-state index is -0.186. The van der Waals surface area contributed by atoms with Crippen LogP contribution >= 0.6 is 11.3 Å². The van der Waals surface area contributed by atoms with Crippen molar-refractivity contribution in [3.05, 3.63) is 41.4 Å². The van der Waals surface area contributed by atoms with Crippen molar-refractivity contribution >= 4 is 22.4 Å². The molecule has 1 aromatic heterocycles. The Morgan fingerprint density at radius 2 is 2.38 bits per heavy atom. The second-order valence-corrected chi connectivity index (χ2v) is 3.92. The molecule has 0 aliphatic rings. The maximum absolute atomic E-state index is 11.8. The van der Waals surface area contributed by atoms with Crippen molar-refractivity contribution in [2.45, 2.75) is 0 Å². The smallest absolute Gasteiger partial charge is 0.257 e. The molecule has 0 bridgehead atoms. The van der Waals surface area contributed by atoms with Gasteiger partial charge < -0.3 is 4.74 Å². The molecule has 2 rings (SSSR count). The van der Waals surface area contributed by atoms with E-state index in [4.69, 9.17) is 4.74 Å². The quantitative estimate of drug-likeness (QED) is 0.887. The van der Waals surface area contributed by atoms with Gasteiger partial charge in [-0.25, -0.2) is 4.98 Å². The zero-order valence-electron chi connectivity index (χ0n) is 8.64. The summed E-state index contributed by atoms with van der Waals surface area (Å²) in [5.74, 6) is 0.473. The van der Waals surface area contributed by atoms with E-state index in [1.54, 1.807) is 43.0 Å². The van der Waals surface area contributed by atoms with Crippen molar-refractivity contribution in [2.75, 3.05) is 12.4 Å². The maximum Gasteiger partial charge on any atom is 0.257 e. The van der Waals surface area contributed by atoms with E-state index >= 15 is 0 Å². The Hall–Kier alpha value is -1.88. The highest BCUT2D eigenvalue weighted by molar-refractivity contribution is 7.13. The summed E-state index contributed by atoms with van der Waals surface area (Å²) in [6.07, 6.45) is 1.64. The molecule has 0 aliphatic heterocycles. The van der Waals surface area contributed by atoms with Crippen molar-refractivity contribution in [2.24, 2.45) is 0 Å². The summed E-state index contributed by atoms with van der Waals surface area (Å²) in [4.78, 5) is 15.8. The van der Waals surface area contributed by atoms with Crippen LogP contribution in [0.5, 0.6) is 5.75 Å². The van der Waals surface area contributed by atoms with E-state index in [0.717, 1.165) is 0 Å². The molecular weight excluding hydrogens is 224 g/mol. The van der Waals surface area contributed by atoms with Gasteiger partial charge in [0.2, 0.25) is 0 Å². The Kier molecular flexibility index (Phi) is 3.16. The van der Waals surface area contributed by atoms with E-state index in [9.17, 15) is 4.79 Å². The van der Waals surface area contributed by atoms with Crippen molar-refractivity contribution in [3.8, 4) is 5.75 Å². The Bertz CT molecular complexity index is 482. The van der Waals surface area contributed by atoms with E-state index in [1.807, 2.05) is 0 Å². The number of rotatable bonds is 3. The fourth-order valence-electron chi connectivity index (χ4n) is 1.22. The number of carbonyl (C=O) groups excluding carboxylic acids is 1. The van der Waals surface area contributed by atoms with Gasteiger partial charge in [0, 0.05) is 17.1 Å². The van der Waals surface area contributed by atoms with Crippen molar-refractivity contribution in [3.63, 3.8) is 0 Å². The number of benzene rings is 1. The van der Waals surface area contributed by atoms with Gasteiger partial charge in [0.15, 0.2) is 5.13 Å². The van der Waals surface area contributed by atoms with Gasteiger partial charge in [-0.05, 0) is 18.2 Å². The lowest BCUT2D eigenvalue weighted by molar-refractivity contribution is 0.102. The molecular formula is C11H10N2O2S. The predicted molar refractivity (Wildman–Crippen MR) is 63.1 cm³/mol. The number of amides is 1. The van der Waals surface area contributed by atoms with Crippen LogP contribution in [0.3, 0.4) is 0 Å². The molecule has 0 fully saturated rings. The largest absolute Gasteiger partial charge is 0.497 e. The molecule has 0 unspecified atom stereocenters.